The van der Waals surface area contributed by atoms with Gasteiger partial charge in [-0.2, -0.15) is 0 Å². The second-order valence-electron chi connectivity index (χ2n) is 5.51. The van der Waals surface area contributed by atoms with E-state index in [2.05, 4.69) is 0 Å². The lowest BCUT2D eigenvalue weighted by molar-refractivity contribution is -0.141. The van der Waals surface area contributed by atoms with Crippen molar-refractivity contribution in [2.45, 2.75) is 18.5 Å². The first-order valence-electron chi connectivity index (χ1n) is 6.89. The number of rotatable bonds is 4. The predicted molar refractivity (Wildman–Crippen MR) is 82.6 cm³/mol. The number of carbonyl (C=O) groups excluding carboxylic acids is 1. The van der Waals surface area contributed by atoms with Crippen LogP contribution in [-0.2, 0) is 4.79 Å². The Bertz CT molecular complexity index is 591. The summed E-state index contributed by atoms with van der Waals surface area (Å²) in [4.78, 5) is 27.5. The van der Waals surface area contributed by atoms with Crippen molar-refractivity contribution in [3.63, 3.8) is 0 Å². The van der Waals surface area contributed by atoms with Crippen LogP contribution in [0.3, 0.4) is 0 Å². The summed E-state index contributed by atoms with van der Waals surface area (Å²) in [5.41, 5.74) is 0.317. The van der Waals surface area contributed by atoms with E-state index in [4.69, 9.17) is 16.3 Å². The van der Waals surface area contributed by atoms with Crippen LogP contribution in [-0.4, -0.2) is 66.6 Å². The molecule has 1 N–H and O–H groups in total. The molecular weight excluding hydrogens is 308 g/mol. The summed E-state index contributed by atoms with van der Waals surface area (Å²) in [7, 11) is 5.20. The van der Waals surface area contributed by atoms with E-state index in [-0.39, 0.29) is 11.9 Å². The van der Waals surface area contributed by atoms with Gasteiger partial charge in [-0.15, -0.1) is 0 Å². The summed E-state index contributed by atoms with van der Waals surface area (Å²) in [5.74, 6) is -1.01. The molecule has 1 heterocycles. The fraction of sp³-hybridized carbons (Fsp3) is 0.467. The van der Waals surface area contributed by atoms with Crippen LogP contribution in [0.15, 0.2) is 18.2 Å². The Morgan fingerprint density at radius 3 is 2.64 bits per heavy atom. The second kappa shape index (κ2) is 6.54. The molecule has 7 heteroatoms. The molecule has 1 aromatic carbocycles. The molecular formula is C15H19ClN2O4. The number of aliphatic carboxylic acids is 1. The number of carbonyl (C=O) groups is 2. The van der Waals surface area contributed by atoms with Gasteiger partial charge in [-0.05, 0) is 38.7 Å². The largest absolute Gasteiger partial charge is 0.496 e. The second-order valence-corrected chi connectivity index (χ2v) is 5.95. The summed E-state index contributed by atoms with van der Waals surface area (Å²) < 4.78 is 5.19. The third-order valence-electron chi connectivity index (χ3n) is 3.95. The summed E-state index contributed by atoms with van der Waals surface area (Å²) in [5, 5.41) is 9.84. The minimum Gasteiger partial charge on any atom is -0.496 e. The molecule has 0 unspecified atom stereocenters. The number of methoxy groups -OCH3 is 1. The number of carboxylic acids is 1. The van der Waals surface area contributed by atoms with Crippen molar-refractivity contribution in [1.29, 1.82) is 0 Å². The van der Waals surface area contributed by atoms with E-state index in [1.54, 1.807) is 18.2 Å². The maximum Gasteiger partial charge on any atom is 0.326 e. The summed E-state index contributed by atoms with van der Waals surface area (Å²) in [6.07, 6.45) is 0.407. The van der Waals surface area contributed by atoms with Gasteiger partial charge in [0.25, 0.3) is 5.91 Å². The Labute approximate surface area is 134 Å². The highest BCUT2D eigenvalue weighted by Crippen LogP contribution is 2.28. The van der Waals surface area contributed by atoms with Gasteiger partial charge in [0.15, 0.2) is 0 Å². The highest BCUT2D eigenvalue weighted by Gasteiger charge is 2.41. The van der Waals surface area contributed by atoms with Crippen molar-refractivity contribution in [3.05, 3.63) is 28.8 Å². The minimum absolute atomic E-state index is 0.0170. The van der Waals surface area contributed by atoms with Crippen LogP contribution in [0, 0.1) is 0 Å². The van der Waals surface area contributed by atoms with E-state index in [0.717, 1.165) is 0 Å². The lowest BCUT2D eigenvalue weighted by Crippen LogP contribution is -2.41. The van der Waals surface area contributed by atoms with Crippen molar-refractivity contribution in [3.8, 4) is 5.75 Å². The molecule has 0 aliphatic carbocycles. The lowest BCUT2D eigenvalue weighted by Gasteiger charge is -2.23. The van der Waals surface area contributed by atoms with Gasteiger partial charge in [-0.25, -0.2) is 4.79 Å². The van der Waals surface area contributed by atoms with Crippen molar-refractivity contribution in [2.24, 2.45) is 0 Å². The molecule has 120 valence electrons. The van der Waals surface area contributed by atoms with E-state index >= 15 is 0 Å². The fourth-order valence-electron chi connectivity index (χ4n) is 2.64. The average Bonchev–Trinajstić information content (AvgIpc) is 2.92. The van der Waals surface area contributed by atoms with E-state index < -0.39 is 12.0 Å². The predicted octanol–water partition coefficient (Wildman–Crippen LogP) is 1.58. The molecule has 0 saturated carbocycles. The van der Waals surface area contributed by atoms with Crippen molar-refractivity contribution < 1.29 is 19.4 Å². The highest BCUT2D eigenvalue weighted by atomic mass is 35.5. The number of likely N-dealkylation sites (tertiary alicyclic amines) is 1. The Hall–Kier alpha value is -1.79. The van der Waals surface area contributed by atoms with Crippen LogP contribution in [0.4, 0.5) is 0 Å². The lowest BCUT2D eigenvalue weighted by atomic mass is 10.1. The SMILES string of the molecule is COc1cc(Cl)ccc1C(=O)N1C[C@H](N(C)C)C[C@H]1C(=O)O. The van der Waals surface area contributed by atoms with Crippen LogP contribution in [0.5, 0.6) is 5.75 Å². The normalized spacial score (nSPS) is 21.2. The number of benzene rings is 1. The van der Waals surface area contributed by atoms with E-state index in [1.165, 1.54) is 12.0 Å². The molecule has 0 bridgehead atoms. The van der Waals surface area contributed by atoms with Crippen LogP contribution < -0.4 is 4.74 Å². The summed E-state index contributed by atoms with van der Waals surface area (Å²) >= 11 is 5.90. The standard InChI is InChI=1S/C15H19ClN2O4/c1-17(2)10-7-12(15(20)21)18(8-10)14(19)11-5-4-9(16)6-13(11)22-3/h4-6,10,12H,7-8H2,1-3H3,(H,20,21)/t10-,12+/m1/s1. The third-order valence-corrected chi connectivity index (χ3v) is 4.18. The van der Waals surface area contributed by atoms with E-state index in [9.17, 15) is 14.7 Å². The zero-order chi connectivity index (χ0) is 16.4. The third kappa shape index (κ3) is 3.18. The van der Waals surface area contributed by atoms with Crippen molar-refractivity contribution in [2.75, 3.05) is 27.7 Å². The molecule has 1 aliphatic rings. The maximum atomic E-state index is 12.7. The van der Waals surface area contributed by atoms with Crippen LogP contribution >= 0.6 is 11.6 Å². The van der Waals surface area contributed by atoms with E-state index in [1.807, 2.05) is 19.0 Å². The van der Waals surface area contributed by atoms with E-state index in [0.29, 0.717) is 29.3 Å². The van der Waals surface area contributed by atoms with Gasteiger partial charge in [0.05, 0.1) is 12.7 Å². The summed E-state index contributed by atoms with van der Waals surface area (Å²) in [6, 6.07) is 3.88. The number of nitrogens with zero attached hydrogens (tertiary/aromatic N) is 2. The van der Waals surface area contributed by atoms with Gasteiger partial charge in [-0.1, -0.05) is 11.6 Å². The molecule has 0 aromatic heterocycles. The van der Waals surface area contributed by atoms with Crippen LogP contribution in [0.25, 0.3) is 0 Å². The first-order chi connectivity index (χ1) is 10.3. The molecule has 6 nitrogen and oxygen atoms in total. The average molecular weight is 327 g/mol. The van der Waals surface area contributed by atoms with Gasteiger partial charge in [-0.3, -0.25) is 4.79 Å². The molecule has 0 radical (unpaired) electrons. The van der Waals surface area contributed by atoms with Crippen molar-refractivity contribution in [1.82, 2.24) is 9.80 Å². The zero-order valence-corrected chi connectivity index (χ0v) is 13.5. The van der Waals surface area contributed by atoms with Gasteiger partial charge in [0.2, 0.25) is 0 Å². The molecule has 1 fully saturated rings. The number of ether oxygens (including phenoxy) is 1. The Balaban J connectivity index is 2.33. The molecule has 1 amide bonds. The quantitative estimate of drug-likeness (QED) is 0.909. The van der Waals surface area contributed by atoms with Gasteiger partial charge >= 0.3 is 5.97 Å². The Morgan fingerprint density at radius 2 is 2.09 bits per heavy atom. The minimum atomic E-state index is -0.995. The number of halogens is 1. The first kappa shape index (κ1) is 16.6. The number of hydrogen-bond donors (Lipinski definition) is 1. The molecule has 2 rings (SSSR count). The molecule has 1 aliphatic heterocycles. The molecule has 2 atom stereocenters. The van der Waals surface area contributed by atoms with Gasteiger partial charge < -0.3 is 19.6 Å². The van der Waals surface area contributed by atoms with Gasteiger partial charge in [0.1, 0.15) is 11.8 Å². The Morgan fingerprint density at radius 1 is 1.41 bits per heavy atom. The number of hydrogen-bond acceptors (Lipinski definition) is 4. The van der Waals surface area contributed by atoms with Crippen LogP contribution in [0.1, 0.15) is 16.8 Å². The molecule has 1 aromatic rings. The Kier molecular flexibility index (Phi) is 4.93. The first-order valence-corrected chi connectivity index (χ1v) is 7.26. The van der Waals surface area contributed by atoms with Crippen molar-refractivity contribution >= 4 is 23.5 Å². The monoisotopic (exact) mass is 326 g/mol. The van der Waals surface area contributed by atoms with Gasteiger partial charge in [0, 0.05) is 17.6 Å². The highest BCUT2D eigenvalue weighted by molar-refractivity contribution is 6.30. The fourth-order valence-corrected chi connectivity index (χ4v) is 2.81. The number of amides is 1. The topological polar surface area (TPSA) is 70.1 Å². The number of carboxylic acid groups (broad SMARTS) is 1. The molecule has 0 spiro atoms. The zero-order valence-electron chi connectivity index (χ0n) is 12.7. The molecule has 1 saturated heterocycles. The number of likely N-dealkylation sites (N-methyl/N-ethyl adjacent to an activating group) is 1. The summed E-state index contributed by atoms with van der Waals surface area (Å²) in [6.45, 7) is 0.370. The maximum absolute atomic E-state index is 12.7. The molecule has 22 heavy (non-hydrogen) atoms. The smallest absolute Gasteiger partial charge is 0.326 e. The van der Waals surface area contributed by atoms with Crippen LogP contribution in [0.2, 0.25) is 5.02 Å².